The molecule has 0 amide bonds. The molecule has 2 aromatic rings. The van der Waals surface area contributed by atoms with E-state index in [1.54, 1.807) is 0 Å². The third-order valence-electron chi connectivity index (χ3n) is 2.22. The van der Waals surface area contributed by atoms with E-state index in [4.69, 9.17) is 5.11 Å². The lowest BCUT2D eigenvalue weighted by Gasteiger charge is -1.92. The van der Waals surface area contributed by atoms with E-state index in [9.17, 15) is 9.59 Å². The number of esters is 1. The largest absolute Gasteiger partial charge is 0.478 e. The molecule has 0 atom stereocenters. The van der Waals surface area contributed by atoms with Crippen molar-refractivity contribution in [2.24, 2.45) is 0 Å². The molecular weight excluding hydrogens is 256 g/mol. The maximum absolute atomic E-state index is 10.3. The number of carboxylic acid groups (broad SMARTS) is 1. The van der Waals surface area contributed by atoms with Gasteiger partial charge in [-0.15, -0.1) is 0 Å². The van der Waals surface area contributed by atoms with Crippen LogP contribution in [0.5, 0.6) is 0 Å². The zero-order valence-electron chi connectivity index (χ0n) is 10.7. The summed E-state index contributed by atoms with van der Waals surface area (Å²) in [6.07, 6.45) is 2.41. The predicted molar refractivity (Wildman–Crippen MR) is 77.0 cm³/mol. The fraction of sp³-hybridized carbons (Fsp3) is 0. The van der Waals surface area contributed by atoms with Crippen molar-refractivity contribution < 1.29 is 19.4 Å². The number of carbonyl (C=O) groups is 2. The molecule has 0 unspecified atom stereocenters. The number of benzene rings is 2. The van der Waals surface area contributed by atoms with Crippen molar-refractivity contribution in [2.75, 3.05) is 0 Å². The summed E-state index contributed by atoms with van der Waals surface area (Å²) < 4.78 is 4.17. The number of carboxylic acids is 1. The van der Waals surface area contributed by atoms with E-state index < -0.39 is 11.9 Å². The lowest BCUT2D eigenvalue weighted by Crippen LogP contribution is -1.95. The van der Waals surface area contributed by atoms with Crippen LogP contribution in [0, 0.1) is 0 Å². The van der Waals surface area contributed by atoms with Gasteiger partial charge >= 0.3 is 11.9 Å². The molecule has 0 aliphatic heterocycles. The first kappa shape index (κ1) is 15.2. The van der Waals surface area contributed by atoms with Crippen molar-refractivity contribution in [3.8, 4) is 0 Å². The van der Waals surface area contributed by atoms with Gasteiger partial charge in [0.15, 0.2) is 0 Å². The van der Waals surface area contributed by atoms with Gasteiger partial charge in [0, 0.05) is 12.2 Å². The topological polar surface area (TPSA) is 63.6 Å². The Morgan fingerprint density at radius 1 is 0.950 bits per heavy atom. The van der Waals surface area contributed by atoms with E-state index >= 15 is 0 Å². The quantitative estimate of drug-likeness (QED) is 0.528. The van der Waals surface area contributed by atoms with E-state index in [0.717, 1.165) is 12.3 Å². The standard InChI is InChI=1S/C10H8.C6H6O4/c1-2-6-10-8-4-3-7-9(10)5-1;1-2-10-6(9)4-3-5(7)8/h1-8H;2-4H,1H2,(H,7,8)/b;4-3-. The smallest absolute Gasteiger partial charge is 0.335 e. The molecule has 1 N–H and O–H groups in total. The zero-order chi connectivity index (χ0) is 14.8. The Labute approximate surface area is 116 Å². The highest BCUT2D eigenvalue weighted by molar-refractivity contribution is 5.90. The lowest BCUT2D eigenvalue weighted by molar-refractivity contribution is -0.134. The molecule has 2 rings (SSSR count). The van der Waals surface area contributed by atoms with Crippen molar-refractivity contribution in [3.63, 3.8) is 0 Å². The van der Waals surface area contributed by atoms with Gasteiger partial charge in [-0.1, -0.05) is 55.1 Å². The van der Waals surface area contributed by atoms with Crippen LogP contribution in [0.2, 0.25) is 0 Å². The third kappa shape index (κ3) is 5.64. The molecule has 102 valence electrons. The van der Waals surface area contributed by atoms with Gasteiger partial charge in [-0.25, -0.2) is 9.59 Å². The van der Waals surface area contributed by atoms with Crippen LogP contribution in [0.1, 0.15) is 0 Å². The molecule has 0 aliphatic carbocycles. The van der Waals surface area contributed by atoms with E-state index in [1.165, 1.54) is 10.8 Å². The van der Waals surface area contributed by atoms with Gasteiger partial charge in [0.2, 0.25) is 0 Å². The van der Waals surface area contributed by atoms with Crippen LogP contribution in [0.25, 0.3) is 10.8 Å². The lowest BCUT2D eigenvalue weighted by atomic mass is 10.1. The summed E-state index contributed by atoms with van der Waals surface area (Å²) in [6.45, 7) is 3.10. The van der Waals surface area contributed by atoms with Gasteiger partial charge in [-0.05, 0) is 10.8 Å². The average molecular weight is 270 g/mol. The molecule has 4 nitrogen and oxygen atoms in total. The fourth-order valence-corrected chi connectivity index (χ4v) is 1.39. The van der Waals surface area contributed by atoms with Crippen LogP contribution >= 0.6 is 0 Å². The summed E-state index contributed by atoms with van der Waals surface area (Å²) in [7, 11) is 0. The highest BCUT2D eigenvalue weighted by Crippen LogP contribution is 2.11. The summed E-state index contributed by atoms with van der Waals surface area (Å²) in [5.74, 6) is -1.95. The van der Waals surface area contributed by atoms with Gasteiger partial charge in [0.05, 0.1) is 6.26 Å². The predicted octanol–water partition coefficient (Wildman–Crippen LogP) is 3.15. The molecule has 4 heteroatoms. The summed E-state index contributed by atoms with van der Waals surface area (Å²) >= 11 is 0. The number of hydrogen-bond donors (Lipinski definition) is 1. The van der Waals surface area contributed by atoms with Crippen LogP contribution in [-0.2, 0) is 14.3 Å². The number of fused-ring (bicyclic) bond motifs is 1. The number of ether oxygens (including phenoxy) is 1. The normalized spacial score (nSPS) is 9.60. The highest BCUT2D eigenvalue weighted by atomic mass is 16.5. The van der Waals surface area contributed by atoms with E-state index in [1.807, 2.05) is 0 Å². The van der Waals surface area contributed by atoms with Crippen LogP contribution in [-0.4, -0.2) is 17.0 Å². The van der Waals surface area contributed by atoms with Crippen LogP contribution in [0.15, 0.2) is 73.5 Å². The zero-order valence-corrected chi connectivity index (χ0v) is 10.7. The van der Waals surface area contributed by atoms with E-state index in [2.05, 4.69) is 59.8 Å². The third-order valence-corrected chi connectivity index (χ3v) is 2.22. The molecule has 0 aliphatic rings. The molecular formula is C16H14O4. The first-order valence-corrected chi connectivity index (χ1v) is 5.80. The van der Waals surface area contributed by atoms with Crippen molar-refractivity contribution in [2.45, 2.75) is 0 Å². The maximum atomic E-state index is 10.3. The van der Waals surface area contributed by atoms with Crippen molar-refractivity contribution in [1.82, 2.24) is 0 Å². The molecule has 0 heterocycles. The molecule has 0 bridgehead atoms. The summed E-state index contributed by atoms with van der Waals surface area (Å²) in [5.41, 5.74) is 0. The summed E-state index contributed by atoms with van der Waals surface area (Å²) in [4.78, 5) is 20.1. The van der Waals surface area contributed by atoms with Gasteiger partial charge < -0.3 is 9.84 Å². The number of aliphatic carboxylic acids is 1. The van der Waals surface area contributed by atoms with Gasteiger partial charge in [-0.2, -0.15) is 0 Å². The maximum Gasteiger partial charge on any atom is 0.335 e. The van der Waals surface area contributed by atoms with Crippen molar-refractivity contribution >= 4 is 22.7 Å². The van der Waals surface area contributed by atoms with Crippen LogP contribution in [0.3, 0.4) is 0 Å². The van der Waals surface area contributed by atoms with Crippen LogP contribution in [0.4, 0.5) is 0 Å². The Balaban J connectivity index is 0.000000200. The number of rotatable bonds is 3. The molecule has 2 aromatic carbocycles. The first-order chi connectivity index (χ1) is 9.63. The fourth-order valence-electron chi connectivity index (χ4n) is 1.39. The second-order valence-corrected chi connectivity index (χ2v) is 3.62. The Morgan fingerprint density at radius 3 is 1.75 bits per heavy atom. The second-order valence-electron chi connectivity index (χ2n) is 3.62. The summed E-state index contributed by atoms with van der Waals surface area (Å²) in [5, 5.41) is 10.6. The van der Waals surface area contributed by atoms with Crippen LogP contribution < -0.4 is 0 Å². The highest BCUT2D eigenvalue weighted by Gasteiger charge is 1.93. The molecule has 0 aromatic heterocycles. The Bertz CT molecular complexity index is 564. The van der Waals surface area contributed by atoms with Gasteiger partial charge in [0.25, 0.3) is 0 Å². The second kappa shape index (κ2) is 8.26. The minimum Gasteiger partial charge on any atom is -0.478 e. The van der Waals surface area contributed by atoms with Crippen molar-refractivity contribution in [3.05, 3.63) is 73.5 Å². The molecule has 0 radical (unpaired) electrons. The Morgan fingerprint density at radius 2 is 1.40 bits per heavy atom. The monoisotopic (exact) mass is 270 g/mol. The molecule has 0 saturated carbocycles. The minimum atomic E-state index is -1.19. The van der Waals surface area contributed by atoms with E-state index in [-0.39, 0.29) is 0 Å². The Kier molecular flexibility index (Phi) is 6.27. The minimum absolute atomic E-state index is 0.686. The van der Waals surface area contributed by atoms with E-state index in [0.29, 0.717) is 6.08 Å². The SMILES string of the molecule is C=COC(=O)/C=C\C(=O)O.c1ccc2ccccc2c1. The molecule has 0 saturated heterocycles. The number of carbonyl (C=O) groups excluding carboxylic acids is 1. The first-order valence-electron chi connectivity index (χ1n) is 5.80. The van der Waals surface area contributed by atoms with Gasteiger partial charge in [-0.3, -0.25) is 0 Å². The number of hydrogen-bond acceptors (Lipinski definition) is 3. The molecule has 0 fully saturated rings. The molecule has 20 heavy (non-hydrogen) atoms. The van der Waals surface area contributed by atoms with Crippen molar-refractivity contribution in [1.29, 1.82) is 0 Å². The average Bonchev–Trinajstić information content (AvgIpc) is 2.46. The summed E-state index contributed by atoms with van der Waals surface area (Å²) in [6, 6.07) is 16.7. The molecule has 0 spiro atoms. The van der Waals surface area contributed by atoms with Gasteiger partial charge in [0.1, 0.15) is 0 Å². The Hall–Kier alpha value is -2.88.